The molecule has 0 unspecified atom stereocenters. The molecule has 0 bridgehead atoms. The molecule has 2 N–H and O–H groups in total. The van der Waals surface area contributed by atoms with E-state index in [9.17, 15) is 9.59 Å². The average molecular weight is 305 g/mol. The number of benzene rings is 1. The normalized spacial score (nSPS) is 16.5. The number of hydrogen-bond acceptors (Lipinski definition) is 5. The Morgan fingerprint density at radius 3 is 2.68 bits per heavy atom. The van der Waals surface area contributed by atoms with Crippen LogP contribution in [-0.4, -0.2) is 37.5 Å². The highest BCUT2D eigenvalue weighted by atomic mass is 16.6. The summed E-state index contributed by atoms with van der Waals surface area (Å²) in [7, 11) is 1.32. The maximum atomic E-state index is 11.8. The zero-order chi connectivity index (χ0) is 15.9. The van der Waals surface area contributed by atoms with Gasteiger partial charge in [-0.25, -0.2) is 9.59 Å². The lowest BCUT2D eigenvalue weighted by atomic mass is 10.1. The van der Waals surface area contributed by atoms with Crippen LogP contribution in [0.15, 0.2) is 29.4 Å². The van der Waals surface area contributed by atoms with Crippen molar-refractivity contribution >= 4 is 23.4 Å². The molecule has 7 heteroatoms. The average Bonchev–Trinajstić information content (AvgIpc) is 3.01. The Balaban J connectivity index is 1.76. The molecule has 118 valence electrons. The quantitative estimate of drug-likeness (QED) is 0.816. The summed E-state index contributed by atoms with van der Waals surface area (Å²) >= 11 is 0. The third kappa shape index (κ3) is 4.21. The Hall–Kier alpha value is -2.57. The first-order chi connectivity index (χ1) is 10.6. The summed E-state index contributed by atoms with van der Waals surface area (Å²) in [6.45, 7) is 2.40. The van der Waals surface area contributed by atoms with Crippen molar-refractivity contribution in [1.82, 2.24) is 5.32 Å². The molecule has 0 saturated heterocycles. The summed E-state index contributed by atoms with van der Waals surface area (Å²) in [6.07, 6.45) is 1.49. The molecule has 0 aromatic heterocycles. The Labute approximate surface area is 128 Å². The van der Waals surface area contributed by atoms with Gasteiger partial charge in [0.1, 0.15) is 6.10 Å². The predicted octanol–water partition coefficient (Wildman–Crippen LogP) is 2.15. The number of nitrogens with zero attached hydrogens (tertiary/aromatic N) is 1. The van der Waals surface area contributed by atoms with Crippen LogP contribution in [0, 0.1) is 0 Å². The van der Waals surface area contributed by atoms with Crippen LogP contribution in [0.3, 0.4) is 0 Å². The van der Waals surface area contributed by atoms with E-state index in [4.69, 9.17) is 4.84 Å². The summed E-state index contributed by atoms with van der Waals surface area (Å²) < 4.78 is 4.61. The van der Waals surface area contributed by atoms with E-state index in [0.29, 0.717) is 17.8 Å². The summed E-state index contributed by atoms with van der Waals surface area (Å²) in [5.41, 5.74) is 2.02. The molecule has 1 aromatic carbocycles. The number of rotatable bonds is 5. The molecule has 0 saturated carbocycles. The minimum absolute atomic E-state index is 0.109. The molecule has 0 aliphatic carbocycles. The number of ether oxygens (including phenoxy) is 1. The van der Waals surface area contributed by atoms with Gasteiger partial charge in [-0.2, -0.15) is 0 Å². The van der Waals surface area contributed by atoms with Crippen LogP contribution in [0.4, 0.5) is 10.5 Å². The highest BCUT2D eigenvalue weighted by Crippen LogP contribution is 2.12. The molecule has 0 radical (unpaired) electrons. The first-order valence-corrected chi connectivity index (χ1v) is 7.07. The van der Waals surface area contributed by atoms with Crippen LogP contribution in [0.2, 0.25) is 0 Å². The number of nitrogens with one attached hydrogen (secondary N) is 2. The number of anilines is 1. The number of carbonyl (C=O) groups is 2. The lowest BCUT2D eigenvalue weighted by Crippen LogP contribution is -2.35. The molecule has 1 aromatic rings. The van der Waals surface area contributed by atoms with E-state index in [2.05, 4.69) is 20.5 Å². The molecule has 1 atom stereocenters. The topological polar surface area (TPSA) is 89.0 Å². The largest absolute Gasteiger partial charge is 0.465 e. The molecule has 0 spiro atoms. The molecule has 1 aliphatic rings. The van der Waals surface area contributed by atoms with E-state index in [1.54, 1.807) is 24.3 Å². The van der Waals surface area contributed by atoms with Crippen molar-refractivity contribution in [2.75, 3.05) is 19.0 Å². The number of esters is 1. The lowest BCUT2D eigenvalue weighted by molar-refractivity contribution is 0.0600. The molecule has 7 nitrogen and oxygen atoms in total. The number of oxime groups is 1. The predicted molar refractivity (Wildman–Crippen MR) is 82.0 cm³/mol. The third-order valence-corrected chi connectivity index (χ3v) is 3.26. The van der Waals surface area contributed by atoms with E-state index < -0.39 is 5.97 Å². The van der Waals surface area contributed by atoms with Crippen LogP contribution in [0.25, 0.3) is 0 Å². The highest BCUT2D eigenvalue weighted by molar-refractivity contribution is 5.92. The molecular weight excluding hydrogens is 286 g/mol. The zero-order valence-corrected chi connectivity index (χ0v) is 12.6. The summed E-state index contributed by atoms with van der Waals surface area (Å²) in [5.74, 6) is -0.416. The summed E-state index contributed by atoms with van der Waals surface area (Å²) in [6, 6.07) is 6.11. The van der Waals surface area contributed by atoms with Crippen molar-refractivity contribution in [2.45, 2.75) is 25.9 Å². The lowest BCUT2D eigenvalue weighted by Gasteiger charge is -2.11. The molecule has 1 aliphatic heterocycles. The van der Waals surface area contributed by atoms with Gasteiger partial charge in [-0.15, -0.1) is 0 Å². The molecule has 2 rings (SSSR count). The molecule has 0 fully saturated rings. The second kappa shape index (κ2) is 7.44. The highest BCUT2D eigenvalue weighted by Gasteiger charge is 2.20. The SMILES string of the molecule is CCC1=NO[C@@H](CNC(=O)Nc2ccc(C(=O)OC)cc2)C1. The van der Waals surface area contributed by atoms with E-state index in [1.807, 2.05) is 6.92 Å². The van der Waals surface area contributed by atoms with Crippen molar-refractivity contribution in [3.63, 3.8) is 0 Å². The van der Waals surface area contributed by atoms with Crippen LogP contribution in [0.1, 0.15) is 30.1 Å². The van der Waals surface area contributed by atoms with Gasteiger partial charge in [0.2, 0.25) is 0 Å². The maximum absolute atomic E-state index is 11.8. The molecular formula is C15H19N3O4. The number of carbonyl (C=O) groups excluding carboxylic acids is 2. The molecule has 2 amide bonds. The van der Waals surface area contributed by atoms with Crippen molar-refractivity contribution in [3.8, 4) is 0 Å². The second-order valence-electron chi connectivity index (χ2n) is 4.85. The Bertz CT molecular complexity index is 569. The Kier molecular flexibility index (Phi) is 5.35. The third-order valence-electron chi connectivity index (χ3n) is 3.26. The van der Waals surface area contributed by atoms with Gasteiger partial charge >= 0.3 is 12.0 Å². The van der Waals surface area contributed by atoms with Gasteiger partial charge in [0.05, 0.1) is 24.9 Å². The fourth-order valence-corrected chi connectivity index (χ4v) is 1.99. The number of amides is 2. The first kappa shape index (κ1) is 15.8. The van der Waals surface area contributed by atoms with E-state index in [-0.39, 0.29) is 12.1 Å². The van der Waals surface area contributed by atoms with E-state index in [0.717, 1.165) is 18.6 Å². The fraction of sp³-hybridized carbons (Fsp3) is 0.400. The molecule has 1 heterocycles. The number of methoxy groups -OCH3 is 1. The van der Waals surface area contributed by atoms with E-state index >= 15 is 0 Å². The van der Waals surface area contributed by atoms with Gasteiger partial charge in [-0.1, -0.05) is 12.1 Å². The van der Waals surface area contributed by atoms with Crippen LogP contribution < -0.4 is 10.6 Å². The van der Waals surface area contributed by atoms with Gasteiger partial charge in [0, 0.05) is 12.1 Å². The first-order valence-electron chi connectivity index (χ1n) is 7.07. The Morgan fingerprint density at radius 1 is 1.36 bits per heavy atom. The maximum Gasteiger partial charge on any atom is 0.337 e. The number of hydrogen-bond donors (Lipinski definition) is 2. The minimum atomic E-state index is -0.416. The smallest absolute Gasteiger partial charge is 0.337 e. The van der Waals surface area contributed by atoms with Crippen LogP contribution in [0.5, 0.6) is 0 Å². The van der Waals surface area contributed by atoms with E-state index in [1.165, 1.54) is 7.11 Å². The van der Waals surface area contributed by atoms with Crippen molar-refractivity contribution < 1.29 is 19.2 Å². The monoisotopic (exact) mass is 305 g/mol. The van der Waals surface area contributed by atoms with Crippen LogP contribution >= 0.6 is 0 Å². The van der Waals surface area contributed by atoms with Gasteiger partial charge in [0.15, 0.2) is 0 Å². The summed E-state index contributed by atoms with van der Waals surface area (Å²) in [5, 5.41) is 9.34. The van der Waals surface area contributed by atoms with Crippen molar-refractivity contribution in [3.05, 3.63) is 29.8 Å². The van der Waals surface area contributed by atoms with Crippen molar-refractivity contribution in [1.29, 1.82) is 0 Å². The van der Waals surface area contributed by atoms with Gasteiger partial charge in [-0.05, 0) is 30.7 Å². The van der Waals surface area contributed by atoms with Crippen molar-refractivity contribution in [2.24, 2.45) is 5.16 Å². The Morgan fingerprint density at radius 2 is 2.09 bits per heavy atom. The second-order valence-corrected chi connectivity index (χ2v) is 4.85. The van der Waals surface area contributed by atoms with Gasteiger partial charge in [-0.3, -0.25) is 0 Å². The van der Waals surface area contributed by atoms with Gasteiger partial charge < -0.3 is 20.2 Å². The number of urea groups is 1. The fourth-order valence-electron chi connectivity index (χ4n) is 1.99. The zero-order valence-electron chi connectivity index (χ0n) is 12.6. The van der Waals surface area contributed by atoms with Crippen LogP contribution in [-0.2, 0) is 9.57 Å². The minimum Gasteiger partial charge on any atom is -0.465 e. The standard InChI is InChI=1S/C15H19N3O4/c1-3-11-8-13(22-18-11)9-16-15(20)17-12-6-4-10(5-7-12)14(19)21-2/h4-7,13H,3,8-9H2,1-2H3,(H2,16,17,20)/t13-/m1/s1. The van der Waals surface area contributed by atoms with Gasteiger partial charge in [0.25, 0.3) is 0 Å². The summed E-state index contributed by atoms with van der Waals surface area (Å²) in [4.78, 5) is 28.3. The molecule has 22 heavy (non-hydrogen) atoms.